The first kappa shape index (κ1) is 19.9. The Labute approximate surface area is 181 Å². The molecule has 0 aliphatic heterocycles. The molecule has 4 aromatic rings. The lowest BCUT2D eigenvalue weighted by Crippen LogP contribution is -2.24. The largest absolute Gasteiger partial charge is 0.350 e. The van der Waals surface area contributed by atoms with Gasteiger partial charge >= 0.3 is 11.2 Å². The Bertz CT molecular complexity index is 1370. The molecule has 0 amide bonds. The maximum absolute atomic E-state index is 14.1. The van der Waals surface area contributed by atoms with Gasteiger partial charge < -0.3 is 0 Å². The zero-order valence-corrected chi connectivity index (χ0v) is 18.0. The second kappa shape index (κ2) is 7.44. The van der Waals surface area contributed by atoms with Crippen LogP contribution in [0, 0.1) is 12.7 Å². The summed E-state index contributed by atoms with van der Waals surface area (Å²) >= 11 is 15.7. The summed E-state index contributed by atoms with van der Waals surface area (Å²) in [6.45, 7) is 1.58. The van der Waals surface area contributed by atoms with Crippen LogP contribution < -0.4 is 11.2 Å². The second-order valence-electron chi connectivity index (χ2n) is 6.31. The summed E-state index contributed by atoms with van der Waals surface area (Å²) in [7, 11) is 0. The van der Waals surface area contributed by atoms with E-state index in [0.29, 0.717) is 20.7 Å². The van der Waals surface area contributed by atoms with Crippen molar-refractivity contribution in [2.24, 2.45) is 0 Å². The Kier molecular flexibility index (Phi) is 5.10. The Morgan fingerprint density at radius 2 is 1.90 bits per heavy atom. The quantitative estimate of drug-likeness (QED) is 0.426. The number of hydrogen-bond acceptors (Lipinski definition) is 3. The molecule has 0 atom stereocenters. The molecule has 0 radical (unpaired) electrons. The van der Waals surface area contributed by atoms with Crippen molar-refractivity contribution in [1.82, 2.24) is 18.7 Å². The molecule has 0 aliphatic carbocycles. The molecule has 0 N–H and O–H groups in total. The normalized spacial score (nSPS) is 11.3. The molecule has 10 heteroatoms. The summed E-state index contributed by atoms with van der Waals surface area (Å²) in [5, 5.41) is 4.76. The molecule has 29 heavy (non-hydrogen) atoms. The minimum atomic E-state index is -0.575. The number of hydrogen-bond donors (Lipinski definition) is 0. The van der Waals surface area contributed by atoms with E-state index < -0.39 is 17.1 Å². The number of rotatable bonds is 3. The van der Waals surface area contributed by atoms with Gasteiger partial charge in [0.1, 0.15) is 5.82 Å². The average molecular weight is 498 g/mol. The van der Waals surface area contributed by atoms with Gasteiger partial charge in [0.25, 0.3) is 0 Å². The third-order valence-electron chi connectivity index (χ3n) is 4.59. The van der Waals surface area contributed by atoms with Gasteiger partial charge in [-0.2, -0.15) is 0 Å². The lowest BCUT2D eigenvalue weighted by Gasteiger charge is -2.11. The summed E-state index contributed by atoms with van der Waals surface area (Å²) in [6.07, 6.45) is 2.90. The standard InChI is InChI=1S/C19H12BrCl2FN4O2/c1-10-15(6-5-12(20)16(10)22)25-7-8-26-17(18(25)28)24-27(19(26)29)9-11-13(21)3-2-4-14(11)23/h2-8H,9H2,1H3. The number of fused-ring (bicyclic) bond motifs is 1. The Morgan fingerprint density at radius 3 is 2.62 bits per heavy atom. The zero-order valence-electron chi connectivity index (χ0n) is 14.9. The number of nitrogens with zero attached hydrogens (tertiary/aromatic N) is 4. The summed E-state index contributed by atoms with van der Waals surface area (Å²) < 4.78 is 18.3. The summed E-state index contributed by atoms with van der Waals surface area (Å²) in [4.78, 5) is 25.6. The van der Waals surface area contributed by atoms with E-state index in [-0.39, 0.29) is 22.8 Å². The van der Waals surface area contributed by atoms with Crippen molar-refractivity contribution in [1.29, 1.82) is 0 Å². The van der Waals surface area contributed by atoms with Gasteiger partial charge in [0, 0.05) is 27.5 Å². The molecule has 0 fully saturated rings. The van der Waals surface area contributed by atoms with Crippen molar-refractivity contribution in [3.63, 3.8) is 0 Å². The number of aromatic nitrogens is 4. The fourth-order valence-electron chi connectivity index (χ4n) is 3.04. The maximum atomic E-state index is 14.1. The lowest BCUT2D eigenvalue weighted by molar-refractivity contribution is 0.578. The number of benzene rings is 2. The van der Waals surface area contributed by atoms with Crippen LogP contribution in [0.15, 0.2) is 56.8 Å². The maximum Gasteiger partial charge on any atom is 0.350 e. The van der Waals surface area contributed by atoms with Crippen molar-refractivity contribution < 1.29 is 4.39 Å². The van der Waals surface area contributed by atoms with Crippen LogP contribution in [-0.4, -0.2) is 18.7 Å². The van der Waals surface area contributed by atoms with Crippen molar-refractivity contribution in [3.8, 4) is 5.69 Å². The first-order chi connectivity index (χ1) is 13.8. The van der Waals surface area contributed by atoms with Gasteiger partial charge in [-0.3, -0.25) is 9.36 Å². The van der Waals surface area contributed by atoms with Gasteiger partial charge in [0.2, 0.25) is 5.65 Å². The first-order valence-corrected chi connectivity index (χ1v) is 9.93. The molecular weight excluding hydrogens is 486 g/mol. The van der Waals surface area contributed by atoms with Crippen molar-refractivity contribution >= 4 is 44.8 Å². The molecule has 0 saturated heterocycles. The molecule has 6 nitrogen and oxygen atoms in total. The molecule has 4 rings (SSSR count). The first-order valence-electron chi connectivity index (χ1n) is 8.38. The van der Waals surface area contributed by atoms with Gasteiger partial charge in [-0.1, -0.05) is 29.3 Å². The van der Waals surface area contributed by atoms with Gasteiger partial charge in [-0.05, 0) is 52.7 Å². The van der Waals surface area contributed by atoms with Crippen LogP contribution in [0.5, 0.6) is 0 Å². The highest BCUT2D eigenvalue weighted by Crippen LogP contribution is 2.29. The van der Waals surface area contributed by atoms with E-state index in [0.717, 1.165) is 9.08 Å². The Morgan fingerprint density at radius 1 is 1.14 bits per heavy atom. The fourth-order valence-corrected chi connectivity index (χ4v) is 3.85. The SMILES string of the molecule is Cc1c(-n2ccn3c(=O)n(Cc4c(F)cccc4Cl)nc3c2=O)ccc(Br)c1Cl. The molecule has 0 aliphatic rings. The summed E-state index contributed by atoms with van der Waals surface area (Å²) in [5.41, 5.74) is 0.190. The molecule has 0 unspecified atom stereocenters. The molecule has 2 heterocycles. The van der Waals surface area contributed by atoms with Crippen molar-refractivity contribution in [2.45, 2.75) is 13.5 Å². The summed E-state index contributed by atoms with van der Waals surface area (Å²) in [5.74, 6) is -0.556. The topological polar surface area (TPSA) is 61.3 Å². The zero-order chi connectivity index (χ0) is 20.9. The van der Waals surface area contributed by atoms with Crippen LogP contribution in [0.25, 0.3) is 11.3 Å². The molecule has 2 aromatic heterocycles. The Balaban J connectivity index is 1.88. The van der Waals surface area contributed by atoms with E-state index >= 15 is 0 Å². The van der Waals surface area contributed by atoms with Crippen LogP contribution in [-0.2, 0) is 6.54 Å². The predicted molar refractivity (Wildman–Crippen MR) is 113 cm³/mol. The van der Waals surface area contributed by atoms with Crippen LogP contribution in [0.3, 0.4) is 0 Å². The van der Waals surface area contributed by atoms with Gasteiger partial charge in [-0.25, -0.2) is 18.3 Å². The highest BCUT2D eigenvalue weighted by molar-refractivity contribution is 9.10. The minimum Gasteiger partial charge on any atom is -0.279 e. The van der Waals surface area contributed by atoms with Crippen molar-refractivity contribution in [2.75, 3.05) is 0 Å². The van der Waals surface area contributed by atoms with E-state index in [1.807, 2.05) is 0 Å². The monoisotopic (exact) mass is 496 g/mol. The van der Waals surface area contributed by atoms with Crippen LogP contribution in [0.4, 0.5) is 4.39 Å². The van der Waals surface area contributed by atoms with E-state index in [1.165, 1.54) is 35.2 Å². The third kappa shape index (κ3) is 3.31. The average Bonchev–Trinajstić information content (AvgIpc) is 3.01. The molecular formula is C19H12BrCl2FN4O2. The van der Waals surface area contributed by atoms with E-state index in [2.05, 4.69) is 21.0 Å². The molecule has 0 saturated carbocycles. The van der Waals surface area contributed by atoms with Crippen LogP contribution >= 0.6 is 39.1 Å². The number of halogens is 4. The Hall–Kier alpha value is -2.42. The lowest BCUT2D eigenvalue weighted by atomic mass is 10.2. The van der Waals surface area contributed by atoms with Crippen molar-refractivity contribution in [3.05, 3.63) is 95.0 Å². The predicted octanol–water partition coefficient (Wildman–Crippen LogP) is 4.21. The molecule has 148 valence electrons. The van der Waals surface area contributed by atoms with Gasteiger partial charge in [-0.15, -0.1) is 5.10 Å². The van der Waals surface area contributed by atoms with E-state index in [9.17, 15) is 14.0 Å². The highest BCUT2D eigenvalue weighted by Gasteiger charge is 2.17. The van der Waals surface area contributed by atoms with Crippen LogP contribution in [0.2, 0.25) is 10.0 Å². The molecule has 0 bridgehead atoms. The minimum absolute atomic E-state index is 0.0941. The van der Waals surface area contributed by atoms with Gasteiger partial charge in [0.15, 0.2) is 0 Å². The molecule has 0 spiro atoms. The smallest absolute Gasteiger partial charge is 0.279 e. The third-order valence-corrected chi connectivity index (χ3v) is 6.32. The highest BCUT2D eigenvalue weighted by atomic mass is 79.9. The second-order valence-corrected chi connectivity index (χ2v) is 7.95. The van der Waals surface area contributed by atoms with Crippen LogP contribution in [0.1, 0.15) is 11.1 Å². The fraction of sp³-hybridized carbons (Fsp3) is 0.105. The van der Waals surface area contributed by atoms with E-state index in [4.69, 9.17) is 23.2 Å². The van der Waals surface area contributed by atoms with E-state index in [1.54, 1.807) is 19.1 Å². The molecule has 2 aromatic carbocycles. The summed E-state index contributed by atoms with van der Waals surface area (Å²) in [6, 6.07) is 7.70. The van der Waals surface area contributed by atoms with Gasteiger partial charge in [0.05, 0.1) is 17.3 Å².